The number of anilines is 1. The lowest BCUT2D eigenvalue weighted by atomic mass is 9.97. The largest absolute Gasteiger partial charge is 0.466 e. The van der Waals surface area contributed by atoms with Crippen LogP contribution in [0.15, 0.2) is 57.9 Å². The molecule has 0 unspecified atom stereocenters. The van der Waals surface area contributed by atoms with Gasteiger partial charge in [0.2, 0.25) is 15.9 Å². The van der Waals surface area contributed by atoms with Crippen molar-refractivity contribution in [2.45, 2.75) is 31.1 Å². The summed E-state index contributed by atoms with van der Waals surface area (Å²) >= 11 is 3.31. The highest BCUT2D eigenvalue weighted by atomic mass is 79.9. The standard InChI is InChI=1S/C22H25BrN2O5S/c1-2-30-21(26)15-16-3-7-19(8-4-16)24-22(27)17-11-13-25(14-12-17)31(28,29)20-9-5-18(23)6-10-20/h3-10,17H,2,11-15H2,1H3,(H,24,27). The number of halogens is 1. The summed E-state index contributed by atoms with van der Waals surface area (Å²) in [6, 6.07) is 13.6. The Kier molecular flexibility index (Phi) is 7.85. The van der Waals surface area contributed by atoms with Crippen molar-refractivity contribution < 1.29 is 22.7 Å². The van der Waals surface area contributed by atoms with Crippen molar-refractivity contribution in [2.75, 3.05) is 25.0 Å². The van der Waals surface area contributed by atoms with E-state index in [-0.39, 0.29) is 29.1 Å². The molecular formula is C22H25BrN2O5S. The van der Waals surface area contributed by atoms with Crippen LogP contribution in [0.5, 0.6) is 0 Å². The second-order valence-corrected chi connectivity index (χ2v) is 10.2. The fourth-order valence-electron chi connectivity index (χ4n) is 3.44. The molecule has 2 aromatic rings. The zero-order valence-corrected chi connectivity index (χ0v) is 19.6. The molecule has 1 aliphatic heterocycles. The first-order valence-electron chi connectivity index (χ1n) is 10.1. The molecule has 0 aliphatic carbocycles. The number of hydrogen-bond donors (Lipinski definition) is 1. The molecule has 1 N–H and O–H groups in total. The molecule has 0 atom stereocenters. The average Bonchev–Trinajstić information content (AvgIpc) is 2.75. The lowest BCUT2D eigenvalue weighted by Gasteiger charge is -2.30. The molecule has 1 amide bonds. The van der Waals surface area contributed by atoms with Gasteiger partial charge < -0.3 is 10.1 Å². The van der Waals surface area contributed by atoms with Crippen molar-refractivity contribution >= 4 is 43.5 Å². The van der Waals surface area contributed by atoms with Gasteiger partial charge in [0.05, 0.1) is 17.9 Å². The molecule has 0 radical (unpaired) electrons. The number of benzene rings is 2. The quantitative estimate of drug-likeness (QED) is 0.576. The number of sulfonamides is 1. The number of carbonyl (C=O) groups excluding carboxylic acids is 2. The van der Waals surface area contributed by atoms with Crippen molar-refractivity contribution in [3.05, 3.63) is 58.6 Å². The van der Waals surface area contributed by atoms with E-state index in [0.717, 1.165) is 10.0 Å². The van der Waals surface area contributed by atoms with Gasteiger partial charge >= 0.3 is 5.97 Å². The SMILES string of the molecule is CCOC(=O)Cc1ccc(NC(=O)C2CCN(S(=O)(=O)c3ccc(Br)cc3)CC2)cc1. The van der Waals surface area contributed by atoms with Gasteiger partial charge in [0.1, 0.15) is 0 Å². The number of rotatable bonds is 7. The lowest BCUT2D eigenvalue weighted by molar-refractivity contribution is -0.142. The fraction of sp³-hybridized carbons (Fsp3) is 0.364. The highest BCUT2D eigenvalue weighted by Gasteiger charge is 2.32. The minimum atomic E-state index is -3.56. The first-order chi connectivity index (χ1) is 14.8. The molecule has 1 saturated heterocycles. The topological polar surface area (TPSA) is 92.8 Å². The molecule has 31 heavy (non-hydrogen) atoms. The molecule has 1 fully saturated rings. The van der Waals surface area contributed by atoms with E-state index in [9.17, 15) is 18.0 Å². The molecule has 1 heterocycles. The van der Waals surface area contributed by atoms with Crippen molar-refractivity contribution in [3.63, 3.8) is 0 Å². The van der Waals surface area contributed by atoms with E-state index in [0.29, 0.717) is 38.2 Å². The van der Waals surface area contributed by atoms with E-state index < -0.39 is 10.0 Å². The first-order valence-corrected chi connectivity index (χ1v) is 12.3. The van der Waals surface area contributed by atoms with Crippen LogP contribution in [-0.4, -0.2) is 44.3 Å². The van der Waals surface area contributed by atoms with E-state index in [1.165, 1.54) is 4.31 Å². The zero-order chi connectivity index (χ0) is 22.4. The summed E-state index contributed by atoms with van der Waals surface area (Å²) in [6.45, 7) is 2.71. The van der Waals surface area contributed by atoms with Gasteiger partial charge in [-0.3, -0.25) is 9.59 Å². The Hall–Kier alpha value is -2.23. The van der Waals surface area contributed by atoms with Gasteiger partial charge in [0.25, 0.3) is 0 Å². The molecular weight excluding hydrogens is 484 g/mol. The molecule has 0 saturated carbocycles. The smallest absolute Gasteiger partial charge is 0.310 e. The Bertz CT molecular complexity index is 1010. The van der Waals surface area contributed by atoms with Crippen molar-refractivity contribution in [3.8, 4) is 0 Å². The van der Waals surface area contributed by atoms with Crippen LogP contribution >= 0.6 is 15.9 Å². The van der Waals surface area contributed by atoms with Crippen LogP contribution in [0.2, 0.25) is 0 Å². The van der Waals surface area contributed by atoms with Crippen LogP contribution in [0.25, 0.3) is 0 Å². The minimum absolute atomic E-state index is 0.126. The Morgan fingerprint density at radius 3 is 2.26 bits per heavy atom. The second kappa shape index (κ2) is 10.4. The van der Waals surface area contributed by atoms with Crippen LogP contribution in [0, 0.1) is 5.92 Å². The highest BCUT2D eigenvalue weighted by Crippen LogP contribution is 2.26. The highest BCUT2D eigenvalue weighted by molar-refractivity contribution is 9.10. The third-order valence-electron chi connectivity index (χ3n) is 5.15. The maximum absolute atomic E-state index is 12.8. The molecule has 0 bridgehead atoms. The molecule has 2 aromatic carbocycles. The van der Waals surface area contributed by atoms with Crippen molar-refractivity contribution in [2.24, 2.45) is 5.92 Å². The third kappa shape index (κ3) is 6.15. The summed E-state index contributed by atoms with van der Waals surface area (Å²) in [4.78, 5) is 24.4. The normalized spacial score (nSPS) is 15.4. The molecule has 0 spiro atoms. The number of carbonyl (C=O) groups is 2. The number of ether oxygens (including phenoxy) is 1. The summed E-state index contributed by atoms with van der Waals surface area (Å²) in [5.74, 6) is -0.668. The van der Waals surface area contributed by atoms with Crippen LogP contribution in [-0.2, 0) is 30.8 Å². The zero-order valence-electron chi connectivity index (χ0n) is 17.2. The van der Waals surface area contributed by atoms with Gasteiger partial charge in [0, 0.05) is 29.2 Å². The predicted octanol–water partition coefficient (Wildman–Crippen LogP) is 3.59. The number of hydrogen-bond acceptors (Lipinski definition) is 5. The van der Waals surface area contributed by atoms with Gasteiger partial charge in [0.15, 0.2) is 0 Å². The second-order valence-electron chi connectivity index (χ2n) is 7.30. The number of piperidine rings is 1. The van der Waals surface area contributed by atoms with Gasteiger partial charge in [-0.25, -0.2) is 8.42 Å². The minimum Gasteiger partial charge on any atom is -0.466 e. The monoisotopic (exact) mass is 508 g/mol. The van der Waals surface area contributed by atoms with E-state index in [1.807, 2.05) is 0 Å². The molecule has 1 aliphatic rings. The fourth-order valence-corrected chi connectivity index (χ4v) is 5.18. The molecule has 9 heteroatoms. The first kappa shape index (κ1) is 23.4. The summed E-state index contributed by atoms with van der Waals surface area (Å²) < 4.78 is 32.8. The van der Waals surface area contributed by atoms with Gasteiger partial charge in [-0.2, -0.15) is 4.31 Å². The van der Waals surface area contributed by atoms with Crippen molar-refractivity contribution in [1.29, 1.82) is 0 Å². The van der Waals surface area contributed by atoms with E-state index in [2.05, 4.69) is 21.2 Å². The Balaban J connectivity index is 1.53. The Morgan fingerprint density at radius 2 is 1.68 bits per heavy atom. The number of nitrogens with zero attached hydrogens (tertiary/aromatic N) is 1. The number of esters is 1. The van der Waals surface area contributed by atoms with Crippen LogP contribution in [0.3, 0.4) is 0 Å². The third-order valence-corrected chi connectivity index (χ3v) is 7.59. The van der Waals surface area contributed by atoms with Crippen LogP contribution in [0.4, 0.5) is 5.69 Å². The Morgan fingerprint density at radius 1 is 1.06 bits per heavy atom. The number of nitrogens with one attached hydrogen (secondary N) is 1. The maximum atomic E-state index is 12.8. The van der Waals surface area contributed by atoms with Crippen LogP contribution in [0.1, 0.15) is 25.3 Å². The summed E-state index contributed by atoms with van der Waals surface area (Å²) in [5.41, 5.74) is 1.45. The molecule has 7 nitrogen and oxygen atoms in total. The molecule has 0 aromatic heterocycles. The summed E-state index contributed by atoms with van der Waals surface area (Å²) in [5, 5.41) is 2.88. The van der Waals surface area contributed by atoms with Gasteiger partial charge in [-0.05, 0) is 61.7 Å². The average molecular weight is 509 g/mol. The predicted molar refractivity (Wildman–Crippen MR) is 121 cm³/mol. The molecule has 166 valence electrons. The summed E-state index contributed by atoms with van der Waals surface area (Å²) in [7, 11) is -3.56. The van der Waals surface area contributed by atoms with Gasteiger partial charge in [-0.1, -0.05) is 28.1 Å². The van der Waals surface area contributed by atoms with Crippen LogP contribution < -0.4 is 5.32 Å². The van der Waals surface area contributed by atoms with E-state index >= 15 is 0 Å². The lowest BCUT2D eigenvalue weighted by Crippen LogP contribution is -2.41. The molecule has 3 rings (SSSR count). The van der Waals surface area contributed by atoms with Crippen molar-refractivity contribution in [1.82, 2.24) is 4.31 Å². The summed E-state index contributed by atoms with van der Waals surface area (Å²) in [6.07, 6.45) is 1.11. The van der Waals surface area contributed by atoms with E-state index in [4.69, 9.17) is 4.74 Å². The van der Waals surface area contributed by atoms with Gasteiger partial charge in [-0.15, -0.1) is 0 Å². The van der Waals surface area contributed by atoms with E-state index in [1.54, 1.807) is 55.5 Å². The Labute approximate surface area is 191 Å². The number of amides is 1. The maximum Gasteiger partial charge on any atom is 0.310 e.